The molecule has 0 unspecified atom stereocenters. The highest BCUT2D eigenvalue weighted by atomic mass is 32.2. The molecule has 0 N–H and O–H groups in total. The van der Waals surface area contributed by atoms with E-state index in [9.17, 15) is 22.0 Å². The SMILES string of the molecule is COc1ccc(CN(C(=O)c2ccc(S(=O)(=O)C(F)F)cc2)[C@H](C)C2CC2)cc1. The number of hydrogen-bond acceptors (Lipinski definition) is 4. The molecule has 0 bridgehead atoms. The van der Waals surface area contributed by atoms with Crippen molar-refractivity contribution in [2.24, 2.45) is 5.92 Å². The summed E-state index contributed by atoms with van der Waals surface area (Å²) in [5.74, 6) is -2.61. The van der Waals surface area contributed by atoms with Crippen molar-refractivity contribution in [3.8, 4) is 5.75 Å². The molecule has 0 radical (unpaired) electrons. The predicted molar refractivity (Wildman–Crippen MR) is 105 cm³/mol. The molecule has 1 fully saturated rings. The van der Waals surface area contributed by atoms with Crippen LogP contribution >= 0.6 is 0 Å². The first-order valence-electron chi connectivity index (χ1n) is 9.30. The van der Waals surface area contributed by atoms with Crippen LogP contribution in [-0.2, 0) is 16.4 Å². The smallest absolute Gasteiger partial charge is 0.341 e. The zero-order valence-electron chi connectivity index (χ0n) is 16.2. The summed E-state index contributed by atoms with van der Waals surface area (Å²) >= 11 is 0. The minimum atomic E-state index is -4.68. The molecule has 0 saturated heterocycles. The maximum Gasteiger partial charge on any atom is 0.341 e. The lowest BCUT2D eigenvalue weighted by atomic mass is 10.1. The van der Waals surface area contributed by atoms with Gasteiger partial charge in [-0.25, -0.2) is 8.42 Å². The summed E-state index contributed by atoms with van der Waals surface area (Å²) < 4.78 is 53.8. The molecule has 1 aliphatic rings. The molecule has 0 spiro atoms. The fourth-order valence-electron chi connectivity index (χ4n) is 3.22. The van der Waals surface area contributed by atoms with Crippen molar-refractivity contribution in [1.29, 1.82) is 0 Å². The first-order chi connectivity index (χ1) is 13.7. The van der Waals surface area contributed by atoms with E-state index < -0.39 is 20.5 Å². The van der Waals surface area contributed by atoms with Gasteiger partial charge in [-0.05, 0) is 67.6 Å². The van der Waals surface area contributed by atoms with Crippen LogP contribution in [0.2, 0.25) is 0 Å². The molecule has 29 heavy (non-hydrogen) atoms. The molecule has 1 saturated carbocycles. The number of alkyl halides is 2. The van der Waals surface area contributed by atoms with Gasteiger partial charge in [-0.3, -0.25) is 4.79 Å². The van der Waals surface area contributed by atoms with Crippen LogP contribution < -0.4 is 4.74 Å². The molecule has 1 atom stereocenters. The molecular weight excluding hydrogens is 400 g/mol. The van der Waals surface area contributed by atoms with E-state index in [1.54, 1.807) is 12.0 Å². The van der Waals surface area contributed by atoms with Gasteiger partial charge in [0.15, 0.2) is 0 Å². The predicted octanol–water partition coefficient (Wildman–Crippen LogP) is 4.13. The van der Waals surface area contributed by atoms with Gasteiger partial charge in [0, 0.05) is 18.2 Å². The topological polar surface area (TPSA) is 63.7 Å². The van der Waals surface area contributed by atoms with Gasteiger partial charge in [-0.15, -0.1) is 0 Å². The van der Waals surface area contributed by atoms with Gasteiger partial charge >= 0.3 is 5.76 Å². The number of halogens is 2. The van der Waals surface area contributed by atoms with Gasteiger partial charge in [-0.2, -0.15) is 8.78 Å². The largest absolute Gasteiger partial charge is 0.497 e. The quantitative estimate of drug-likeness (QED) is 0.640. The number of benzene rings is 2. The van der Waals surface area contributed by atoms with E-state index in [0.29, 0.717) is 12.5 Å². The monoisotopic (exact) mass is 423 g/mol. The van der Waals surface area contributed by atoms with E-state index in [0.717, 1.165) is 36.3 Å². The Morgan fingerprint density at radius 2 is 1.69 bits per heavy atom. The highest BCUT2D eigenvalue weighted by molar-refractivity contribution is 7.91. The Kier molecular flexibility index (Phi) is 6.21. The van der Waals surface area contributed by atoms with Gasteiger partial charge in [0.25, 0.3) is 5.91 Å². The van der Waals surface area contributed by atoms with Gasteiger partial charge in [0.2, 0.25) is 9.84 Å². The maximum absolute atomic E-state index is 13.1. The Labute approximate surface area is 169 Å². The molecule has 0 aromatic heterocycles. The van der Waals surface area contributed by atoms with Crippen molar-refractivity contribution in [1.82, 2.24) is 4.90 Å². The Hall–Kier alpha value is -2.48. The number of hydrogen-bond donors (Lipinski definition) is 0. The summed E-state index contributed by atoms with van der Waals surface area (Å²) in [6.07, 6.45) is 2.11. The standard InChI is InChI=1S/C21H23F2NO4S/c1-14(16-5-6-16)24(13-15-3-9-18(28-2)10-4-15)20(25)17-7-11-19(12-8-17)29(26,27)21(22)23/h3-4,7-12,14,16,21H,5-6,13H2,1-2H3/t14-/m1/s1. The average Bonchev–Trinajstić information content (AvgIpc) is 3.57. The van der Waals surface area contributed by atoms with Gasteiger partial charge in [-0.1, -0.05) is 12.1 Å². The molecule has 3 rings (SSSR count). The van der Waals surface area contributed by atoms with Crippen LogP contribution in [0.5, 0.6) is 5.75 Å². The molecule has 0 heterocycles. The maximum atomic E-state index is 13.1. The van der Waals surface area contributed by atoms with Gasteiger partial charge in [0.05, 0.1) is 12.0 Å². The number of ether oxygens (including phenoxy) is 1. The van der Waals surface area contributed by atoms with Crippen LogP contribution in [-0.4, -0.2) is 38.1 Å². The zero-order chi connectivity index (χ0) is 21.2. The number of methoxy groups -OCH3 is 1. The molecule has 2 aromatic carbocycles. The first kappa shape index (κ1) is 21.2. The molecule has 8 heteroatoms. The Bertz CT molecular complexity index is 955. The van der Waals surface area contributed by atoms with E-state index in [2.05, 4.69) is 0 Å². The van der Waals surface area contributed by atoms with Crippen molar-refractivity contribution in [3.05, 3.63) is 59.7 Å². The van der Waals surface area contributed by atoms with Crippen molar-refractivity contribution in [2.75, 3.05) is 7.11 Å². The van der Waals surface area contributed by atoms with Crippen LogP contribution in [0.3, 0.4) is 0 Å². The number of carbonyl (C=O) groups is 1. The zero-order valence-corrected chi connectivity index (χ0v) is 17.0. The van der Waals surface area contributed by atoms with Crippen molar-refractivity contribution >= 4 is 15.7 Å². The first-order valence-corrected chi connectivity index (χ1v) is 10.8. The summed E-state index contributed by atoms with van der Waals surface area (Å²) in [6, 6.07) is 12.1. The number of carbonyl (C=O) groups excluding carboxylic acids is 1. The summed E-state index contributed by atoms with van der Waals surface area (Å²) in [6.45, 7) is 2.38. The van der Waals surface area contributed by atoms with Crippen LogP contribution in [0.15, 0.2) is 53.4 Å². The normalized spacial score (nSPS) is 15.2. The lowest BCUT2D eigenvalue weighted by Gasteiger charge is -2.30. The number of amides is 1. The minimum Gasteiger partial charge on any atom is -0.497 e. The van der Waals surface area contributed by atoms with Crippen LogP contribution in [0.4, 0.5) is 8.78 Å². The Morgan fingerprint density at radius 1 is 1.10 bits per heavy atom. The van der Waals surface area contributed by atoms with E-state index in [-0.39, 0.29) is 17.5 Å². The number of nitrogens with zero attached hydrogens (tertiary/aromatic N) is 1. The van der Waals surface area contributed by atoms with E-state index in [1.165, 1.54) is 12.1 Å². The third-order valence-electron chi connectivity index (χ3n) is 5.23. The van der Waals surface area contributed by atoms with E-state index in [4.69, 9.17) is 4.74 Å². The number of sulfone groups is 1. The summed E-state index contributed by atoms with van der Waals surface area (Å²) in [7, 11) is -3.10. The fraction of sp³-hybridized carbons (Fsp3) is 0.381. The fourth-order valence-corrected chi connectivity index (χ4v) is 3.94. The highest BCUT2D eigenvalue weighted by Crippen LogP contribution is 2.36. The summed E-state index contributed by atoms with van der Waals surface area (Å²) in [5, 5.41) is 0. The molecule has 0 aliphatic heterocycles. The van der Waals surface area contributed by atoms with Gasteiger partial charge in [0.1, 0.15) is 5.75 Å². The molecular formula is C21H23F2NO4S. The van der Waals surface area contributed by atoms with Crippen molar-refractivity contribution in [2.45, 2.75) is 43.0 Å². The summed E-state index contributed by atoms with van der Waals surface area (Å²) in [5.41, 5.74) is 1.20. The van der Waals surface area contributed by atoms with E-state index >= 15 is 0 Å². The van der Waals surface area contributed by atoms with Gasteiger partial charge < -0.3 is 9.64 Å². The third kappa shape index (κ3) is 4.75. The van der Waals surface area contributed by atoms with Crippen LogP contribution in [0.25, 0.3) is 0 Å². The van der Waals surface area contributed by atoms with E-state index in [1.807, 2.05) is 31.2 Å². The van der Waals surface area contributed by atoms with Crippen LogP contribution in [0, 0.1) is 5.92 Å². The lowest BCUT2D eigenvalue weighted by molar-refractivity contribution is 0.0654. The minimum absolute atomic E-state index is 0.00840. The lowest BCUT2D eigenvalue weighted by Crippen LogP contribution is -2.39. The second kappa shape index (κ2) is 8.49. The van der Waals surface area contributed by atoms with Crippen molar-refractivity contribution in [3.63, 3.8) is 0 Å². The molecule has 1 amide bonds. The summed E-state index contributed by atoms with van der Waals surface area (Å²) in [4.78, 5) is 14.4. The number of rotatable bonds is 8. The molecule has 2 aromatic rings. The highest BCUT2D eigenvalue weighted by Gasteiger charge is 2.35. The Morgan fingerprint density at radius 3 is 2.17 bits per heavy atom. The third-order valence-corrected chi connectivity index (χ3v) is 6.63. The van der Waals surface area contributed by atoms with Crippen molar-refractivity contribution < 1.29 is 26.7 Å². The average molecular weight is 423 g/mol. The second-order valence-electron chi connectivity index (χ2n) is 7.19. The van der Waals surface area contributed by atoms with Crippen LogP contribution in [0.1, 0.15) is 35.7 Å². The molecule has 156 valence electrons. The molecule has 5 nitrogen and oxygen atoms in total. The Balaban J connectivity index is 1.84. The molecule has 1 aliphatic carbocycles. The second-order valence-corrected chi connectivity index (χ2v) is 9.11.